The zero-order chi connectivity index (χ0) is 23.6. The molecule has 168 valence electrons. The Kier molecular flexibility index (Phi) is 4.52. The third-order valence-electron chi connectivity index (χ3n) is 6.72. The molecule has 5 aromatic rings. The lowest BCUT2D eigenvalue weighted by Gasteiger charge is -2.10. The number of benzene rings is 2. The Hall–Kier alpha value is -4.06. The molecule has 6 rings (SSSR count). The fourth-order valence-electron chi connectivity index (χ4n) is 4.88. The first kappa shape index (κ1) is 20.5. The molecule has 34 heavy (non-hydrogen) atoms. The quantitative estimate of drug-likeness (QED) is 0.343. The fourth-order valence-corrected chi connectivity index (χ4v) is 4.88. The Labute approximate surface area is 198 Å². The van der Waals surface area contributed by atoms with Crippen LogP contribution in [0, 0.1) is 34.6 Å². The molecule has 0 aliphatic carbocycles. The second kappa shape index (κ2) is 7.48. The van der Waals surface area contributed by atoms with Gasteiger partial charge in [0.15, 0.2) is 0 Å². The molecule has 0 N–H and O–H groups in total. The van der Waals surface area contributed by atoms with Crippen molar-refractivity contribution >= 4 is 22.4 Å². The molecule has 0 amide bonds. The summed E-state index contributed by atoms with van der Waals surface area (Å²) in [6.45, 7) is 10.4. The minimum Gasteiger partial charge on any atom is -0.301 e. The first-order chi connectivity index (χ1) is 16.4. The van der Waals surface area contributed by atoms with Gasteiger partial charge in [-0.2, -0.15) is 0 Å². The summed E-state index contributed by atoms with van der Waals surface area (Å²) in [5, 5.41) is 0. The van der Waals surface area contributed by atoms with Crippen molar-refractivity contribution in [1.29, 1.82) is 0 Å². The van der Waals surface area contributed by atoms with Gasteiger partial charge in [-0.3, -0.25) is 14.5 Å². The molecule has 0 saturated carbocycles. The summed E-state index contributed by atoms with van der Waals surface area (Å²) in [4.78, 5) is 19.1. The van der Waals surface area contributed by atoms with Gasteiger partial charge in [0.2, 0.25) is 0 Å². The highest BCUT2D eigenvalue weighted by atomic mass is 15.1. The minimum absolute atomic E-state index is 0.677. The number of pyridine rings is 1. The fraction of sp³-hybridized carbons (Fsp3) is 0.214. The zero-order valence-corrected chi connectivity index (χ0v) is 20.1. The van der Waals surface area contributed by atoms with Crippen LogP contribution in [0.1, 0.15) is 39.7 Å². The van der Waals surface area contributed by atoms with E-state index in [0.717, 1.165) is 62.4 Å². The van der Waals surface area contributed by atoms with Gasteiger partial charge in [-0.15, -0.1) is 0 Å². The number of aromatic nitrogens is 5. The topological polar surface area (TPSA) is 60.9 Å². The number of nitrogens with zero attached hydrogens (tertiary/aromatic N) is 6. The second-order valence-corrected chi connectivity index (χ2v) is 9.13. The lowest BCUT2D eigenvalue weighted by molar-refractivity contribution is 0.952. The van der Waals surface area contributed by atoms with Gasteiger partial charge in [0.1, 0.15) is 17.2 Å². The normalized spacial score (nSPS) is 12.9. The maximum Gasteiger partial charge on any atom is 0.119 e. The van der Waals surface area contributed by atoms with Gasteiger partial charge in [-0.25, -0.2) is 9.97 Å². The van der Waals surface area contributed by atoms with Crippen LogP contribution in [0.2, 0.25) is 0 Å². The van der Waals surface area contributed by atoms with Crippen LogP contribution in [0.15, 0.2) is 59.9 Å². The molecule has 0 bridgehead atoms. The molecule has 0 saturated heterocycles. The van der Waals surface area contributed by atoms with Crippen LogP contribution in [0.3, 0.4) is 0 Å². The van der Waals surface area contributed by atoms with Crippen molar-refractivity contribution < 1.29 is 0 Å². The molecule has 4 heterocycles. The average molecular weight is 447 g/mol. The SMILES string of the molecule is Cc1cc2c(nc(C)n2-c2ccc(C3=Nc4cc(C)c(C)cc4-n4ccnc4C3)cc2)c(C)n1. The highest BCUT2D eigenvalue weighted by Crippen LogP contribution is 2.32. The summed E-state index contributed by atoms with van der Waals surface area (Å²) in [5.74, 6) is 1.95. The number of aliphatic imine (C=N–C) groups is 1. The van der Waals surface area contributed by atoms with Crippen molar-refractivity contribution in [3.05, 3.63) is 94.6 Å². The van der Waals surface area contributed by atoms with Crippen LogP contribution in [-0.4, -0.2) is 29.8 Å². The third-order valence-corrected chi connectivity index (χ3v) is 6.72. The molecule has 3 aromatic heterocycles. The monoisotopic (exact) mass is 446 g/mol. The molecule has 6 heteroatoms. The van der Waals surface area contributed by atoms with Crippen LogP contribution in [-0.2, 0) is 6.42 Å². The van der Waals surface area contributed by atoms with Gasteiger partial charge in [-0.05, 0) is 81.6 Å². The maximum atomic E-state index is 5.11. The number of hydrogen-bond donors (Lipinski definition) is 0. The minimum atomic E-state index is 0.677. The molecule has 0 atom stereocenters. The van der Waals surface area contributed by atoms with E-state index in [1.54, 1.807) is 0 Å². The van der Waals surface area contributed by atoms with Crippen molar-refractivity contribution in [2.75, 3.05) is 0 Å². The van der Waals surface area contributed by atoms with Gasteiger partial charge in [0.05, 0.1) is 28.3 Å². The summed E-state index contributed by atoms with van der Waals surface area (Å²) in [7, 11) is 0. The van der Waals surface area contributed by atoms with E-state index in [-0.39, 0.29) is 0 Å². The smallest absolute Gasteiger partial charge is 0.119 e. The van der Waals surface area contributed by atoms with Crippen LogP contribution in [0.5, 0.6) is 0 Å². The number of imidazole rings is 2. The summed E-state index contributed by atoms with van der Waals surface area (Å²) < 4.78 is 4.36. The van der Waals surface area contributed by atoms with Gasteiger partial charge >= 0.3 is 0 Å². The first-order valence-corrected chi connectivity index (χ1v) is 11.5. The first-order valence-electron chi connectivity index (χ1n) is 11.5. The molecule has 0 unspecified atom stereocenters. The molecule has 2 aromatic carbocycles. The van der Waals surface area contributed by atoms with Gasteiger partial charge in [0, 0.05) is 30.2 Å². The van der Waals surface area contributed by atoms with Crippen molar-refractivity contribution in [3.63, 3.8) is 0 Å². The van der Waals surface area contributed by atoms with E-state index in [0.29, 0.717) is 6.42 Å². The summed E-state index contributed by atoms with van der Waals surface area (Å²) in [5.41, 5.74) is 11.7. The van der Waals surface area contributed by atoms with E-state index in [4.69, 9.17) is 9.98 Å². The van der Waals surface area contributed by atoms with Crippen LogP contribution in [0.25, 0.3) is 22.4 Å². The molecule has 0 fully saturated rings. The van der Waals surface area contributed by atoms with Gasteiger partial charge < -0.3 is 4.57 Å². The van der Waals surface area contributed by atoms with E-state index >= 15 is 0 Å². The lowest BCUT2D eigenvalue weighted by atomic mass is 10.1. The Morgan fingerprint density at radius 3 is 2.41 bits per heavy atom. The van der Waals surface area contributed by atoms with Crippen molar-refractivity contribution in [1.82, 2.24) is 24.1 Å². The second-order valence-electron chi connectivity index (χ2n) is 9.13. The molecule has 1 aliphatic heterocycles. The van der Waals surface area contributed by atoms with E-state index in [1.807, 2.05) is 33.2 Å². The van der Waals surface area contributed by atoms with E-state index in [9.17, 15) is 0 Å². The third kappa shape index (κ3) is 3.17. The Morgan fingerprint density at radius 2 is 1.62 bits per heavy atom. The van der Waals surface area contributed by atoms with E-state index < -0.39 is 0 Å². The molecule has 6 nitrogen and oxygen atoms in total. The Balaban J connectivity index is 1.46. The standard InChI is InChI=1S/C28H26N6/c1-16-12-24-25(13-17(16)2)33-11-10-29-27(33)15-23(32-24)21-6-8-22(9-7-21)34-20(5)31-28-19(4)30-18(3)14-26(28)34/h6-14H,15H2,1-5H3. The number of hydrogen-bond acceptors (Lipinski definition) is 4. The molecule has 0 radical (unpaired) electrons. The molecular formula is C28H26N6. The van der Waals surface area contributed by atoms with Crippen molar-refractivity contribution in [2.45, 2.75) is 41.0 Å². The lowest BCUT2D eigenvalue weighted by Crippen LogP contribution is -2.08. The number of fused-ring (bicyclic) bond motifs is 4. The predicted octanol–water partition coefficient (Wildman–Crippen LogP) is 5.83. The van der Waals surface area contributed by atoms with Crippen LogP contribution >= 0.6 is 0 Å². The largest absolute Gasteiger partial charge is 0.301 e. The van der Waals surface area contributed by atoms with Crippen molar-refractivity contribution in [3.8, 4) is 11.4 Å². The van der Waals surface area contributed by atoms with Gasteiger partial charge in [-0.1, -0.05) is 12.1 Å². The van der Waals surface area contributed by atoms with E-state index in [1.165, 1.54) is 11.1 Å². The Bertz CT molecular complexity index is 1620. The van der Waals surface area contributed by atoms with Crippen LogP contribution in [0.4, 0.5) is 5.69 Å². The predicted molar refractivity (Wildman–Crippen MR) is 136 cm³/mol. The maximum absolute atomic E-state index is 5.11. The molecular weight excluding hydrogens is 420 g/mol. The number of rotatable bonds is 2. The highest BCUT2D eigenvalue weighted by molar-refractivity contribution is 6.04. The highest BCUT2D eigenvalue weighted by Gasteiger charge is 2.19. The van der Waals surface area contributed by atoms with Gasteiger partial charge in [0.25, 0.3) is 0 Å². The summed E-state index contributed by atoms with van der Waals surface area (Å²) in [6, 6.07) is 15.1. The molecule has 0 spiro atoms. The average Bonchev–Trinajstić information content (AvgIpc) is 3.36. The van der Waals surface area contributed by atoms with E-state index in [2.05, 4.69) is 75.4 Å². The van der Waals surface area contributed by atoms with Crippen LogP contribution < -0.4 is 0 Å². The zero-order valence-electron chi connectivity index (χ0n) is 20.1. The number of aryl methyl sites for hydroxylation is 5. The van der Waals surface area contributed by atoms with Crippen molar-refractivity contribution in [2.24, 2.45) is 4.99 Å². The summed E-state index contributed by atoms with van der Waals surface area (Å²) >= 11 is 0. The summed E-state index contributed by atoms with van der Waals surface area (Å²) in [6.07, 6.45) is 4.57. The Morgan fingerprint density at radius 1 is 0.853 bits per heavy atom. The molecule has 1 aliphatic rings.